The molecular weight excluding hydrogens is 466 g/mol. The molecule has 2 N–H and O–H groups in total. The topological polar surface area (TPSA) is 80.3 Å². The van der Waals surface area contributed by atoms with Crippen LogP contribution in [0, 0.1) is 11.7 Å². The number of aromatic nitrogens is 1. The average Bonchev–Trinajstić information content (AvgIpc) is 2.78. The van der Waals surface area contributed by atoms with E-state index in [1.54, 1.807) is 0 Å². The number of nitrogens with zero attached hydrogens (tertiary/aromatic N) is 1. The minimum absolute atomic E-state index is 0.0317. The highest BCUT2D eigenvalue weighted by Crippen LogP contribution is 2.27. The molecule has 1 aromatic heterocycles. The molecule has 2 amide bonds. The van der Waals surface area contributed by atoms with Crippen LogP contribution in [0.1, 0.15) is 41.7 Å². The number of rotatable bonds is 7. The maximum Gasteiger partial charge on any atom is 0.433 e. The van der Waals surface area contributed by atoms with Gasteiger partial charge in [0.05, 0.1) is 10.6 Å². The summed E-state index contributed by atoms with van der Waals surface area (Å²) < 4.78 is 56.3. The SMILES string of the molecule is O=C(COc1ccc(Cl)c(F)c1)N[C@H]1CC[C@H](CNC(=O)c2ccc(C(F)(F)F)nc2)CC1. The van der Waals surface area contributed by atoms with Crippen molar-refractivity contribution in [3.63, 3.8) is 0 Å². The van der Waals surface area contributed by atoms with Gasteiger partial charge < -0.3 is 15.4 Å². The van der Waals surface area contributed by atoms with Crippen LogP contribution in [0.15, 0.2) is 36.5 Å². The third-order valence-electron chi connectivity index (χ3n) is 5.34. The van der Waals surface area contributed by atoms with Crippen molar-refractivity contribution in [1.82, 2.24) is 15.6 Å². The molecule has 0 aliphatic heterocycles. The van der Waals surface area contributed by atoms with Gasteiger partial charge in [0.25, 0.3) is 11.8 Å². The molecule has 0 saturated heterocycles. The highest BCUT2D eigenvalue weighted by atomic mass is 35.5. The molecule has 1 aliphatic rings. The fourth-order valence-electron chi connectivity index (χ4n) is 3.53. The van der Waals surface area contributed by atoms with Crippen LogP contribution in [0.2, 0.25) is 5.02 Å². The van der Waals surface area contributed by atoms with Crippen LogP contribution in [0.3, 0.4) is 0 Å². The first-order chi connectivity index (χ1) is 15.6. The molecular formula is C22H22ClF4N3O3. The van der Waals surface area contributed by atoms with Gasteiger partial charge in [-0.3, -0.25) is 14.6 Å². The van der Waals surface area contributed by atoms with E-state index in [0.29, 0.717) is 19.4 Å². The van der Waals surface area contributed by atoms with E-state index in [2.05, 4.69) is 15.6 Å². The molecule has 1 heterocycles. The Hall–Kier alpha value is -2.88. The van der Waals surface area contributed by atoms with E-state index in [1.165, 1.54) is 12.1 Å². The van der Waals surface area contributed by atoms with E-state index in [0.717, 1.165) is 37.2 Å². The molecule has 0 unspecified atom stereocenters. The number of halogens is 5. The number of pyridine rings is 1. The van der Waals surface area contributed by atoms with Crippen LogP contribution in [0.5, 0.6) is 5.75 Å². The van der Waals surface area contributed by atoms with Crippen molar-refractivity contribution in [2.75, 3.05) is 13.2 Å². The lowest BCUT2D eigenvalue weighted by molar-refractivity contribution is -0.141. The summed E-state index contributed by atoms with van der Waals surface area (Å²) in [5, 5.41) is 5.56. The Labute approximate surface area is 192 Å². The molecule has 33 heavy (non-hydrogen) atoms. The van der Waals surface area contributed by atoms with E-state index in [4.69, 9.17) is 16.3 Å². The average molecular weight is 488 g/mol. The van der Waals surface area contributed by atoms with E-state index < -0.39 is 23.6 Å². The van der Waals surface area contributed by atoms with Crippen LogP contribution in [-0.2, 0) is 11.0 Å². The maximum atomic E-state index is 13.4. The van der Waals surface area contributed by atoms with Crippen LogP contribution in [0.4, 0.5) is 17.6 Å². The fraction of sp³-hybridized carbons (Fsp3) is 0.409. The van der Waals surface area contributed by atoms with Gasteiger partial charge in [-0.05, 0) is 55.9 Å². The quantitative estimate of drug-likeness (QED) is 0.568. The number of alkyl halides is 3. The van der Waals surface area contributed by atoms with Gasteiger partial charge in [0.2, 0.25) is 0 Å². The van der Waals surface area contributed by atoms with Crippen molar-refractivity contribution in [3.8, 4) is 5.75 Å². The first kappa shape index (κ1) is 24.8. The lowest BCUT2D eigenvalue weighted by Crippen LogP contribution is -2.41. The molecule has 1 aromatic carbocycles. The third-order valence-corrected chi connectivity index (χ3v) is 5.65. The minimum atomic E-state index is -4.55. The van der Waals surface area contributed by atoms with E-state index in [-0.39, 0.29) is 40.8 Å². The molecule has 2 aromatic rings. The first-order valence-corrected chi connectivity index (χ1v) is 10.7. The number of nitrogens with one attached hydrogen (secondary N) is 2. The van der Waals surface area contributed by atoms with Crippen molar-refractivity contribution in [1.29, 1.82) is 0 Å². The largest absolute Gasteiger partial charge is 0.484 e. The number of hydrogen-bond donors (Lipinski definition) is 2. The first-order valence-electron chi connectivity index (χ1n) is 10.3. The van der Waals surface area contributed by atoms with Crippen molar-refractivity contribution >= 4 is 23.4 Å². The highest BCUT2D eigenvalue weighted by molar-refractivity contribution is 6.30. The highest BCUT2D eigenvalue weighted by Gasteiger charge is 2.32. The summed E-state index contributed by atoms with van der Waals surface area (Å²) in [5.74, 6) is -1.04. The van der Waals surface area contributed by atoms with Gasteiger partial charge in [-0.15, -0.1) is 0 Å². The van der Waals surface area contributed by atoms with Gasteiger partial charge in [-0.2, -0.15) is 13.2 Å². The zero-order valence-corrected chi connectivity index (χ0v) is 18.2. The van der Waals surface area contributed by atoms with Crippen LogP contribution < -0.4 is 15.4 Å². The molecule has 0 atom stereocenters. The number of carbonyl (C=O) groups is 2. The van der Waals surface area contributed by atoms with E-state index in [9.17, 15) is 27.2 Å². The minimum Gasteiger partial charge on any atom is -0.484 e. The zero-order valence-electron chi connectivity index (χ0n) is 17.4. The third kappa shape index (κ3) is 7.31. The van der Waals surface area contributed by atoms with Crippen molar-refractivity contribution < 1.29 is 31.9 Å². The van der Waals surface area contributed by atoms with E-state index >= 15 is 0 Å². The number of carbonyl (C=O) groups excluding carboxylic acids is 2. The van der Waals surface area contributed by atoms with E-state index in [1.807, 2.05) is 0 Å². The van der Waals surface area contributed by atoms with Crippen LogP contribution >= 0.6 is 11.6 Å². The molecule has 1 aliphatic carbocycles. The van der Waals surface area contributed by atoms with Crippen LogP contribution in [-0.4, -0.2) is 36.0 Å². The van der Waals surface area contributed by atoms with Crippen molar-refractivity contribution in [2.45, 2.75) is 37.9 Å². The van der Waals surface area contributed by atoms with Crippen LogP contribution in [0.25, 0.3) is 0 Å². The molecule has 3 rings (SSSR count). The molecule has 178 valence electrons. The summed E-state index contributed by atoms with van der Waals surface area (Å²) in [4.78, 5) is 27.5. The standard InChI is InChI=1S/C22H22ClF4N3O3/c23-17-7-6-16(9-18(17)24)33-12-20(31)30-15-4-1-13(2-5-15)10-29-21(32)14-3-8-19(28-11-14)22(25,26)27/h3,6-9,11,13,15H,1-2,4-5,10,12H2,(H,29,32)(H,30,31)/t13-,15-. The molecule has 1 saturated carbocycles. The Morgan fingerprint density at radius 1 is 1.12 bits per heavy atom. The van der Waals surface area contributed by atoms with Gasteiger partial charge in [0.1, 0.15) is 17.3 Å². The molecule has 1 fully saturated rings. The molecule has 0 radical (unpaired) electrons. The van der Waals surface area contributed by atoms with Gasteiger partial charge in [-0.25, -0.2) is 4.39 Å². The van der Waals surface area contributed by atoms with Crippen molar-refractivity contribution in [3.05, 3.63) is 58.6 Å². The lowest BCUT2D eigenvalue weighted by Gasteiger charge is -2.29. The summed E-state index contributed by atoms with van der Waals surface area (Å²) in [6.07, 6.45) is -0.694. The summed E-state index contributed by atoms with van der Waals surface area (Å²) in [6, 6.07) is 5.76. The maximum absolute atomic E-state index is 13.4. The van der Waals surface area contributed by atoms with Gasteiger partial charge >= 0.3 is 6.18 Å². The Kier molecular flexibility index (Phi) is 8.12. The monoisotopic (exact) mass is 487 g/mol. The van der Waals surface area contributed by atoms with Gasteiger partial charge in [0.15, 0.2) is 6.61 Å². The molecule has 6 nitrogen and oxygen atoms in total. The zero-order chi connectivity index (χ0) is 24.0. The summed E-state index contributed by atoms with van der Waals surface area (Å²) in [7, 11) is 0. The Balaban J connectivity index is 1.36. The molecule has 0 spiro atoms. The second kappa shape index (κ2) is 10.8. The number of hydrogen-bond acceptors (Lipinski definition) is 4. The smallest absolute Gasteiger partial charge is 0.433 e. The predicted molar refractivity (Wildman–Crippen MR) is 112 cm³/mol. The number of amides is 2. The summed E-state index contributed by atoms with van der Waals surface area (Å²) in [6.45, 7) is 0.129. The Morgan fingerprint density at radius 2 is 1.85 bits per heavy atom. The second-order valence-corrected chi connectivity index (χ2v) is 8.20. The predicted octanol–water partition coefficient (Wildman–Crippen LogP) is 4.38. The van der Waals surface area contributed by atoms with Crippen molar-refractivity contribution in [2.24, 2.45) is 5.92 Å². The normalized spacial score (nSPS) is 18.5. The second-order valence-electron chi connectivity index (χ2n) is 7.79. The van der Waals surface area contributed by atoms with Gasteiger partial charge in [0, 0.05) is 24.8 Å². The summed E-state index contributed by atoms with van der Waals surface area (Å²) >= 11 is 5.60. The Morgan fingerprint density at radius 3 is 2.45 bits per heavy atom. The number of ether oxygens (including phenoxy) is 1. The number of benzene rings is 1. The lowest BCUT2D eigenvalue weighted by atomic mass is 9.86. The molecule has 11 heteroatoms. The fourth-order valence-corrected chi connectivity index (χ4v) is 3.65. The summed E-state index contributed by atoms with van der Waals surface area (Å²) in [5.41, 5.74) is -0.991. The molecule has 0 bridgehead atoms. The van der Waals surface area contributed by atoms with Gasteiger partial charge in [-0.1, -0.05) is 11.6 Å². The Bertz CT molecular complexity index is 978.